The van der Waals surface area contributed by atoms with Crippen LogP contribution >= 0.6 is 0 Å². The van der Waals surface area contributed by atoms with E-state index in [1.807, 2.05) is 103 Å². The number of fused-ring (bicyclic) bond motifs is 1. The molecule has 7 rings (SSSR count). The zero-order valence-electron chi connectivity index (χ0n) is 26.9. The predicted octanol–water partition coefficient (Wildman–Crippen LogP) is 9.08. The van der Waals surface area contributed by atoms with Crippen molar-refractivity contribution in [3.05, 3.63) is 168 Å². The minimum Gasteiger partial charge on any atom is -0.372 e. The number of benzene rings is 6. The molecule has 1 aliphatic rings. The van der Waals surface area contributed by atoms with Gasteiger partial charge < -0.3 is 15.5 Å². The average molecular weight is 630 g/mol. The Kier molecular flexibility index (Phi) is 9.28. The van der Waals surface area contributed by atoms with Gasteiger partial charge in [0.15, 0.2) is 0 Å². The monoisotopic (exact) mass is 629 g/mol. The van der Waals surface area contributed by atoms with Crippen molar-refractivity contribution in [1.82, 2.24) is 5.32 Å². The number of nitrogens with one attached hydrogen (secondary N) is 2. The number of hydrogen-bond acceptors (Lipinski definition) is 3. The first-order valence-electron chi connectivity index (χ1n) is 16.7. The first kappa shape index (κ1) is 30.9. The summed E-state index contributed by atoms with van der Waals surface area (Å²) in [7, 11) is 0. The van der Waals surface area contributed by atoms with Gasteiger partial charge in [-0.1, -0.05) is 121 Å². The van der Waals surface area contributed by atoms with Crippen LogP contribution in [0.2, 0.25) is 0 Å². The zero-order chi connectivity index (χ0) is 32.7. The molecule has 0 saturated carbocycles. The highest BCUT2D eigenvalue weighted by atomic mass is 16.2. The van der Waals surface area contributed by atoms with Crippen LogP contribution < -0.4 is 15.5 Å². The molecule has 0 bridgehead atoms. The molecule has 0 aliphatic carbocycles. The summed E-state index contributed by atoms with van der Waals surface area (Å²) in [5.74, 6) is 0.0152. The van der Waals surface area contributed by atoms with Crippen molar-refractivity contribution in [2.75, 3.05) is 23.3 Å². The molecule has 5 heteroatoms. The molecular weight excluding hydrogens is 590 g/mol. The number of amides is 2. The molecule has 1 unspecified atom stereocenters. The number of carbonyl (C=O) groups excluding carboxylic acids is 2. The van der Waals surface area contributed by atoms with Gasteiger partial charge in [-0.3, -0.25) is 9.59 Å². The molecule has 48 heavy (non-hydrogen) atoms. The van der Waals surface area contributed by atoms with Crippen LogP contribution in [0.25, 0.3) is 21.9 Å². The maximum atomic E-state index is 13.6. The van der Waals surface area contributed by atoms with Gasteiger partial charge in [-0.05, 0) is 82.1 Å². The van der Waals surface area contributed by atoms with Crippen molar-refractivity contribution >= 4 is 34.0 Å². The van der Waals surface area contributed by atoms with Gasteiger partial charge >= 0.3 is 0 Å². The Morgan fingerprint density at radius 2 is 1.27 bits per heavy atom. The van der Waals surface area contributed by atoms with Gasteiger partial charge in [-0.15, -0.1) is 0 Å². The Hall–Kier alpha value is -5.68. The third-order valence-corrected chi connectivity index (χ3v) is 9.50. The predicted molar refractivity (Wildman–Crippen MR) is 196 cm³/mol. The van der Waals surface area contributed by atoms with Crippen LogP contribution in [0.1, 0.15) is 40.2 Å². The lowest BCUT2D eigenvalue weighted by Gasteiger charge is -2.37. The molecule has 6 aromatic carbocycles. The van der Waals surface area contributed by atoms with E-state index >= 15 is 0 Å². The normalized spacial score (nSPS) is 14.0. The molecule has 1 fully saturated rings. The summed E-state index contributed by atoms with van der Waals surface area (Å²) >= 11 is 0. The Balaban J connectivity index is 1.01. The lowest BCUT2D eigenvalue weighted by molar-refractivity contribution is -0.124. The smallest absolute Gasteiger partial charge is 0.256 e. The first-order chi connectivity index (χ1) is 23.6. The van der Waals surface area contributed by atoms with E-state index in [1.165, 1.54) is 0 Å². The van der Waals surface area contributed by atoms with Crippen LogP contribution in [0.3, 0.4) is 0 Å². The minimum absolute atomic E-state index is 0.0885. The highest BCUT2D eigenvalue weighted by molar-refractivity contribution is 6.11. The Morgan fingerprint density at radius 1 is 0.646 bits per heavy atom. The van der Waals surface area contributed by atoms with Gasteiger partial charge in [-0.2, -0.15) is 0 Å². The fraction of sp³-hybridized carbons (Fsp3) is 0.163. The molecule has 5 nitrogen and oxygen atoms in total. The van der Waals surface area contributed by atoms with E-state index in [1.54, 1.807) is 0 Å². The standard InChI is InChI=1S/C43H39N3O2/c47-42(40-20-10-9-19-39(40)38-21-11-17-32-14-7-8-18-37(32)38)45-35-22-24-36(25-23-35)46-28-26-34(27-29-46)41(33-15-5-2-6-16-33)43(48)44-30-31-12-3-1-4-13-31/h1-25,34,41H,26-30H2,(H,44,48)(H,45,47). The Labute approximate surface area is 282 Å². The summed E-state index contributed by atoms with van der Waals surface area (Å²) in [6.45, 7) is 2.26. The van der Waals surface area contributed by atoms with Crippen LogP contribution in [0.15, 0.2) is 152 Å². The zero-order valence-corrected chi connectivity index (χ0v) is 26.9. The van der Waals surface area contributed by atoms with Crippen LogP contribution in [0, 0.1) is 5.92 Å². The molecule has 1 heterocycles. The molecule has 0 radical (unpaired) electrons. The second-order valence-electron chi connectivity index (χ2n) is 12.5. The van der Waals surface area contributed by atoms with Crippen LogP contribution in [-0.4, -0.2) is 24.9 Å². The van der Waals surface area contributed by atoms with E-state index in [0.717, 1.165) is 70.3 Å². The number of nitrogens with zero attached hydrogens (tertiary/aromatic N) is 1. The fourth-order valence-corrected chi connectivity index (χ4v) is 7.01. The fourth-order valence-electron chi connectivity index (χ4n) is 7.01. The lowest BCUT2D eigenvalue weighted by Crippen LogP contribution is -2.40. The lowest BCUT2D eigenvalue weighted by atomic mass is 9.79. The van der Waals surface area contributed by atoms with Crippen molar-refractivity contribution in [2.45, 2.75) is 25.3 Å². The summed E-state index contributed by atoms with van der Waals surface area (Å²) in [6.07, 6.45) is 1.84. The summed E-state index contributed by atoms with van der Waals surface area (Å²) in [5, 5.41) is 8.59. The highest BCUT2D eigenvalue weighted by Gasteiger charge is 2.32. The van der Waals surface area contributed by atoms with Gasteiger partial charge in [0, 0.05) is 36.6 Å². The van der Waals surface area contributed by atoms with Crippen molar-refractivity contribution in [2.24, 2.45) is 5.92 Å². The highest BCUT2D eigenvalue weighted by Crippen LogP contribution is 2.35. The number of piperidine rings is 1. The Bertz CT molecular complexity index is 1990. The van der Waals surface area contributed by atoms with Crippen LogP contribution in [0.4, 0.5) is 11.4 Å². The van der Waals surface area contributed by atoms with Gasteiger partial charge in [0.25, 0.3) is 5.91 Å². The van der Waals surface area contributed by atoms with E-state index < -0.39 is 0 Å². The molecule has 1 aliphatic heterocycles. The molecule has 238 valence electrons. The summed E-state index contributed by atoms with van der Waals surface area (Å²) in [4.78, 5) is 29.5. The van der Waals surface area contributed by atoms with Crippen LogP contribution in [0.5, 0.6) is 0 Å². The number of hydrogen-bond donors (Lipinski definition) is 2. The van der Waals surface area contributed by atoms with Crippen molar-refractivity contribution in [1.29, 1.82) is 0 Å². The van der Waals surface area contributed by atoms with Crippen LogP contribution in [-0.2, 0) is 11.3 Å². The quantitative estimate of drug-likeness (QED) is 0.168. The summed E-state index contributed by atoms with van der Waals surface area (Å²) in [5.41, 5.74) is 6.64. The number of anilines is 2. The van der Waals surface area contributed by atoms with E-state index in [0.29, 0.717) is 12.1 Å². The van der Waals surface area contributed by atoms with Crippen molar-refractivity contribution in [3.63, 3.8) is 0 Å². The molecular formula is C43H39N3O2. The molecule has 1 saturated heterocycles. The van der Waals surface area contributed by atoms with E-state index in [9.17, 15) is 9.59 Å². The maximum Gasteiger partial charge on any atom is 0.256 e. The van der Waals surface area contributed by atoms with E-state index in [2.05, 4.69) is 64.1 Å². The molecule has 2 amide bonds. The van der Waals surface area contributed by atoms with E-state index in [-0.39, 0.29) is 23.7 Å². The van der Waals surface area contributed by atoms with Crippen molar-refractivity contribution < 1.29 is 9.59 Å². The number of carbonyl (C=O) groups is 2. The van der Waals surface area contributed by atoms with Crippen molar-refractivity contribution in [3.8, 4) is 11.1 Å². The van der Waals surface area contributed by atoms with Gasteiger partial charge in [0.1, 0.15) is 0 Å². The third-order valence-electron chi connectivity index (χ3n) is 9.50. The second-order valence-corrected chi connectivity index (χ2v) is 12.5. The second kappa shape index (κ2) is 14.4. The van der Waals surface area contributed by atoms with Gasteiger partial charge in [-0.25, -0.2) is 0 Å². The van der Waals surface area contributed by atoms with Gasteiger partial charge in [0.2, 0.25) is 5.91 Å². The topological polar surface area (TPSA) is 61.4 Å². The minimum atomic E-state index is -0.189. The summed E-state index contributed by atoms with van der Waals surface area (Å²) in [6, 6.07) is 50.6. The Morgan fingerprint density at radius 3 is 2.04 bits per heavy atom. The number of rotatable bonds is 9. The molecule has 1 atom stereocenters. The molecule has 0 aromatic heterocycles. The maximum absolute atomic E-state index is 13.6. The third kappa shape index (κ3) is 6.86. The average Bonchev–Trinajstić information content (AvgIpc) is 3.15. The van der Waals surface area contributed by atoms with E-state index in [4.69, 9.17) is 0 Å². The molecule has 0 spiro atoms. The molecule has 2 N–H and O–H groups in total. The SMILES string of the molecule is O=C(Nc1ccc(N2CCC(C(C(=O)NCc3ccccc3)c3ccccc3)CC2)cc1)c1ccccc1-c1cccc2ccccc12. The summed E-state index contributed by atoms with van der Waals surface area (Å²) < 4.78 is 0. The largest absolute Gasteiger partial charge is 0.372 e. The first-order valence-corrected chi connectivity index (χ1v) is 16.7. The molecule has 6 aromatic rings. The van der Waals surface area contributed by atoms with Gasteiger partial charge in [0.05, 0.1) is 5.92 Å².